The lowest BCUT2D eigenvalue weighted by molar-refractivity contribution is 0.408. The summed E-state index contributed by atoms with van der Waals surface area (Å²) in [7, 11) is 3.76. The molecule has 1 unspecified atom stereocenters. The minimum absolute atomic E-state index is 0.00267. The number of nitrogens with zero attached hydrogens (tertiary/aromatic N) is 1. The topological polar surface area (TPSA) is 64.5 Å². The van der Waals surface area contributed by atoms with Crippen LogP contribution in [0.25, 0.3) is 0 Å². The first-order valence-corrected chi connectivity index (χ1v) is 6.23. The zero-order valence-corrected chi connectivity index (χ0v) is 12.1. The van der Waals surface area contributed by atoms with Crippen molar-refractivity contribution in [1.82, 2.24) is 0 Å². The Bertz CT molecular complexity index is 418. The second-order valence-electron chi connectivity index (χ2n) is 4.87. The highest BCUT2D eigenvalue weighted by Gasteiger charge is 2.14. The van der Waals surface area contributed by atoms with E-state index in [1.54, 1.807) is 7.11 Å². The molecule has 1 atom stereocenters. The highest BCUT2D eigenvalue weighted by Crippen LogP contribution is 2.32. The standard InChI is InChI=1S/C14H25N3O/c1-9-6-13(17(4)8-12(16)7-15)10(2)11(3)14(9)18-5/h6,12H,7-8,15-16H2,1-5H3. The number of rotatable bonds is 5. The van der Waals surface area contributed by atoms with Crippen molar-refractivity contribution in [1.29, 1.82) is 0 Å². The first-order chi connectivity index (χ1) is 8.42. The summed E-state index contributed by atoms with van der Waals surface area (Å²) in [5.74, 6) is 0.966. The maximum Gasteiger partial charge on any atom is 0.125 e. The van der Waals surface area contributed by atoms with Crippen molar-refractivity contribution in [2.24, 2.45) is 11.5 Å². The Hall–Kier alpha value is -1.26. The molecule has 4 N–H and O–H groups in total. The molecule has 102 valence electrons. The van der Waals surface area contributed by atoms with E-state index < -0.39 is 0 Å². The number of ether oxygens (including phenoxy) is 1. The van der Waals surface area contributed by atoms with Crippen molar-refractivity contribution in [2.75, 3.05) is 32.1 Å². The predicted molar refractivity (Wildman–Crippen MR) is 77.5 cm³/mol. The van der Waals surface area contributed by atoms with Crippen molar-refractivity contribution >= 4 is 5.69 Å². The molecular weight excluding hydrogens is 226 g/mol. The fourth-order valence-electron chi connectivity index (χ4n) is 2.27. The molecule has 0 spiro atoms. The van der Waals surface area contributed by atoms with E-state index in [4.69, 9.17) is 16.2 Å². The molecule has 0 amide bonds. The monoisotopic (exact) mass is 251 g/mol. The molecule has 0 heterocycles. The van der Waals surface area contributed by atoms with Gasteiger partial charge < -0.3 is 21.1 Å². The van der Waals surface area contributed by atoms with Crippen molar-refractivity contribution in [2.45, 2.75) is 26.8 Å². The number of hydrogen-bond donors (Lipinski definition) is 2. The molecule has 0 aliphatic carbocycles. The second-order valence-corrected chi connectivity index (χ2v) is 4.87. The normalized spacial score (nSPS) is 12.4. The van der Waals surface area contributed by atoms with Gasteiger partial charge in [0.05, 0.1) is 7.11 Å². The van der Waals surface area contributed by atoms with Crippen molar-refractivity contribution < 1.29 is 4.74 Å². The molecule has 0 fully saturated rings. The van der Waals surface area contributed by atoms with Gasteiger partial charge in [-0.2, -0.15) is 0 Å². The van der Waals surface area contributed by atoms with Crippen LogP contribution < -0.4 is 21.1 Å². The van der Waals surface area contributed by atoms with E-state index in [1.807, 2.05) is 7.05 Å². The van der Waals surface area contributed by atoms with Crippen LogP contribution >= 0.6 is 0 Å². The van der Waals surface area contributed by atoms with Crippen LogP contribution in [0.4, 0.5) is 5.69 Å². The minimum atomic E-state index is -0.00267. The Labute approximate surface area is 110 Å². The van der Waals surface area contributed by atoms with Gasteiger partial charge in [0.2, 0.25) is 0 Å². The Kier molecular flexibility index (Phi) is 4.99. The molecule has 4 heteroatoms. The fraction of sp³-hybridized carbons (Fsp3) is 0.571. The van der Waals surface area contributed by atoms with Gasteiger partial charge in [0.25, 0.3) is 0 Å². The van der Waals surface area contributed by atoms with E-state index in [1.165, 1.54) is 16.8 Å². The van der Waals surface area contributed by atoms with Crippen LogP contribution in [0.5, 0.6) is 5.75 Å². The zero-order chi connectivity index (χ0) is 13.9. The molecular formula is C14H25N3O. The van der Waals surface area contributed by atoms with Crippen LogP contribution in [0.1, 0.15) is 16.7 Å². The zero-order valence-electron chi connectivity index (χ0n) is 12.1. The van der Waals surface area contributed by atoms with E-state index in [2.05, 4.69) is 31.7 Å². The Morgan fingerprint density at radius 3 is 2.39 bits per heavy atom. The first-order valence-electron chi connectivity index (χ1n) is 6.23. The molecule has 0 aromatic heterocycles. The quantitative estimate of drug-likeness (QED) is 0.829. The maximum atomic E-state index is 5.90. The minimum Gasteiger partial charge on any atom is -0.496 e. The van der Waals surface area contributed by atoms with Gasteiger partial charge in [0.15, 0.2) is 0 Å². The lowest BCUT2D eigenvalue weighted by Crippen LogP contribution is -2.40. The summed E-state index contributed by atoms with van der Waals surface area (Å²) in [5, 5.41) is 0. The summed E-state index contributed by atoms with van der Waals surface area (Å²) >= 11 is 0. The average Bonchev–Trinajstić information content (AvgIpc) is 2.34. The third-order valence-electron chi connectivity index (χ3n) is 3.43. The number of aryl methyl sites for hydroxylation is 1. The lowest BCUT2D eigenvalue weighted by atomic mass is 10.0. The molecule has 4 nitrogen and oxygen atoms in total. The smallest absolute Gasteiger partial charge is 0.125 e. The van der Waals surface area contributed by atoms with Crippen LogP contribution in [0.2, 0.25) is 0 Å². The molecule has 0 aliphatic rings. The van der Waals surface area contributed by atoms with Crippen LogP contribution in [-0.2, 0) is 0 Å². The molecule has 18 heavy (non-hydrogen) atoms. The van der Waals surface area contributed by atoms with Gasteiger partial charge in [0.1, 0.15) is 5.75 Å². The SMILES string of the molecule is COc1c(C)cc(N(C)CC(N)CN)c(C)c1C. The van der Waals surface area contributed by atoms with E-state index >= 15 is 0 Å². The number of hydrogen-bond acceptors (Lipinski definition) is 4. The number of anilines is 1. The van der Waals surface area contributed by atoms with Gasteiger partial charge in [-0.1, -0.05) is 0 Å². The average molecular weight is 251 g/mol. The van der Waals surface area contributed by atoms with Gasteiger partial charge in [-0.05, 0) is 43.5 Å². The summed E-state index contributed by atoms with van der Waals surface area (Å²) < 4.78 is 5.43. The molecule has 1 rings (SSSR count). The van der Waals surface area contributed by atoms with Gasteiger partial charge in [-0.25, -0.2) is 0 Å². The molecule has 0 aliphatic heterocycles. The third kappa shape index (κ3) is 2.94. The summed E-state index contributed by atoms with van der Waals surface area (Å²) in [6.45, 7) is 7.50. The summed E-state index contributed by atoms with van der Waals surface area (Å²) in [5.41, 5.74) is 16.2. The number of benzene rings is 1. The van der Waals surface area contributed by atoms with Crippen molar-refractivity contribution in [3.05, 3.63) is 22.8 Å². The van der Waals surface area contributed by atoms with Gasteiger partial charge >= 0.3 is 0 Å². The molecule has 1 aromatic rings. The van der Waals surface area contributed by atoms with Crippen LogP contribution in [-0.4, -0.2) is 33.3 Å². The van der Waals surface area contributed by atoms with Crippen LogP contribution in [0, 0.1) is 20.8 Å². The van der Waals surface area contributed by atoms with Crippen molar-refractivity contribution in [3.8, 4) is 5.75 Å². The lowest BCUT2D eigenvalue weighted by Gasteiger charge is -2.26. The van der Waals surface area contributed by atoms with E-state index in [0.717, 1.165) is 17.9 Å². The second kappa shape index (κ2) is 6.07. The fourth-order valence-corrected chi connectivity index (χ4v) is 2.27. The Morgan fingerprint density at radius 2 is 1.89 bits per heavy atom. The summed E-state index contributed by atoms with van der Waals surface area (Å²) in [6, 6.07) is 2.14. The third-order valence-corrected chi connectivity index (χ3v) is 3.43. The van der Waals surface area contributed by atoms with Crippen molar-refractivity contribution in [3.63, 3.8) is 0 Å². The Balaban J connectivity index is 3.10. The highest BCUT2D eigenvalue weighted by atomic mass is 16.5. The van der Waals surface area contributed by atoms with Crippen LogP contribution in [0.3, 0.4) is 0 Å². The number of likely N-dealkylation sites (N-methyl/N-ethyl adjacent to an activating group) is 1. The molecule has 0 bridgehead atoms. The number of methoxy groups -OCH3 is 1. The van der Waals surface area contributed by atoms with Crippen LogP contribution in [0.15, 0.2) is 6.07 Å². The van der Waals surface area contributed by atoms with E-state index in [0.29, 0.717) is 6.54 Å². The molecule has 1 aromatic carbocycles. The van der Waals surface area contributed by atoms with E-state index in [9.17, 15) is 0 Å². The number of nitrogens with two attached hydrogens (primary N) is 2. The predicted octanol–water partition coefficient (Wildman–Crippen LogP) is 1.34. The van der Waals surface area contributed by atoms with Gasteiger partial charge in [-0.3, -0.25) is 0 Å². The van der Waals surface area contributed by atoms with Gasteiger partial charge in [0, 0.05) is 31.9 Å². The molecule has 0 saturated carbocycles. The maximum absolute atomic E-state index is 5.90. The molecule has 0 radical (unpaired) electrons. The highest BCUT2D eigenvalue weighted by molar-refractivity contribution is 5.62. The largest absolute Gasteiger partial charge is 0.496 e. The van der Waals surface area contributed by atoms with Gasteiger partial charge in [-0.15, -0.1) is 0 Å². The Morgan fingerprint density at radius 1 is 1.28 bits per heavy atom. The first kappa shape index (κ1) is 14.8. The molecule has 0 saturated heterocycles. The van der Waals surface area contributed by atoms with E-state index in [-0.39, 0.29) is 6.04 Å². The summed E-state index contributed by atoms with van der Waals surface area (Å²) in [6.07, 6.45) is 0. The summed E-state index contributed by atoms with van der Waals surface area (Å²) in [4.78, 5) is 2.16.